The van der Waals surface area contributed by atoms with Gasteiger partial charge in [0.2, 0.25) is 0 Å². The SMILES string of the molecule is O=C(O)C(O)c1ccc2[nH]c3c(c2c1)C1CCN3CC1. The van der Waals surface area contributed by atoms with E-state index < -0.39 is 12.1 Å². The molecular formula is C15H16N2O3. The average Bonchev–Trinajstić information content (AvgIpc) is 2.88. The minimum absolute atomic E-state index is 0.447. The second kappa shape index (κ2) is 3.99. The predicted octanol–water partition coefficient (Wildman–Crippen LogP) is 1.98. The number of H-pyrrole nitrogens is 1. The van der Waals surface area contributed by atoms with Crippen molar-refractivity contribution in [2.45, 2.75) is 24.9 Å². The normalized spacial score (nSPS) is 19.4. The van der Waals surface area contributed by atoms with E-state index in [1.165, 1.54) is 11.4 Å². The Morgan fingerprint density at radius 3 is 2.80 bits per heavy atom. The van der Waals surface area contributed by atoms with Crippen LogP contribution in [-0.4, -0.2) is 34.3 Å². The average molecular weight is 272 g/mol. The minimum Gasteiger partial charge on any atom is -0.479 e. The zero-order valence-electron chi connectivity index (χ0n) is 11.0. The number of aliphatic hydroxyl groups is 1. The van der Waals surface area contributed by atoms with E-state index in [0.29, 0.717) is 11.5 Å². The van der Waals surface area contributed by atoms with E-state index in [4.69, 9.17) is 5.11 Å². The van der Waals surface area contributed by atoms with Gasteiger partial charge in [-0.3, -0.25) is 0 Å². The molecule has 0 saturated carbocycles. The summed E-state index contributed by atoms with van der Waals surface area (Å²) in [5.74, 6) is 0.532. The number of nitrogens with zero attached hydrogens (tertiary/aromatic N) is 1. The molecule has 0 aliphatic carbocycles. The van der Waals surface area contributed by atoms with Crippen LogP contribution in [0.25, 0.3) is 10.9 Å². The first-order valence-electron chi connectivity index (χ1n) is 6.96. The number of piperidine rings is 1. The van der Waals surface area contributed by atoms with Crippen LogP contribution < -0.4 is 4.90 Å². The number of carbonyl (C=O) groups is 1. The summed E-state index contributed by atoms with van der Waals surface area (Å²) >= 11 is 0. The summed E-state index contributed by atoms with van der Waals surface area (Å²) in [5.41, 5.74) is 2.77. The lowest BCUT2D eigenvalue weighted by Gasteiger charge is -2.40. The second-order valence-corrected chi connectivity index (χ2v) is 5.69. The fourth-order valence-corrected chi connectivity index (χ4v) is 3.58. The van der Waals surface area contributed by atoms with Crippen LogP contribution in [0.2, 0.25) is 0 Å². The number of anilines is 1. The third-order valence-corrected chi connectivity index (χ3v) is 4.61. The number of carboxylic acids is 1. The number of aliphatic hydroxyl groups excluding tert-OH is 1. The maximum Gasteiger partial charge on any atom is 0.337 e. The summed E-state index contributed by atoms with van der Waals surface area (Å²) in [4.78, 5) is 16.7. The Kier molecular flexibility index (Phi) is 2.35. The Labute approximate surface area is 115 Å². The topological polar surface area (TPSA) is 76.6 Å². The smallest absolute Gasteiger partial charge is 0.337 e. The molecule has 1 aromatic heterocycles. The molecule has 5 rings (SSSR count). The number of nitrogens with one attached hydrogen (secondary N) is 1. The van der Waals surface area contributed by atoms with Gasteiger partial charge in [-0.25, -0.2) is 4.79 Å². The summed E-state index contributed by atoms with van der Waals surface area (Å²) in [5, 5.41) is 19.7. The van der Waals surface area contributed by atoms with Gasteiger partial charge in [-0.1, -0.05) is 6.07 Å². The monoisotopic (exact) mass is 272 g/mol. The molecule has 1 atom stereocenters. The Bertz CT molecular complexity index is 698. The van der Waals surface area contributed by atoms with Crippen LogP contribution in [0.3, 0.4) is 0 Å². The van der Waals surface area contributed by atoms with Crippen molar-refractivity contribution in [1.29, 1.82) is 0 Å². The molecule has 2 aromatic rings. The Morgan fingerprint density at radius 1 is 1.35 bits per heavy atom. The standard InChI is InChI=1S/C15H16N2O3/c18-13(15(19)20)9-1-2-11-10(7-9)12-8-3-5-17(6-4-8)14(12)16-11/h1-2,7-8,13,16,18H,3-6H2,(H,19,20). The van der Waals surface area contributed by atoms with Crippen LogP contribution in [0.5, 0.6) is 0 Å². The maximum atomic E-state index is 10.9. The summed E-state index contributed by atoms with van der Waals surface area (Å²) in [6.07, 6.45) is 0.864. The summed E-state index contributed by atoms with van der Waals surface area (Å²) in [6.45, 7) is 2.18. The molecule has 0 amide bonds. The number of hydrogen-bond acceptors (Lipinski definition) is 3. The highest BCUT2D eigenvalue weighted by molar-refractivity contribution is 5.92. The van der Waals surface area contributed by atoms with E-state index in [2.05, 4.69) is 9.88 Å². The number of aromatic amines is 1. The quantitative estimate of drug-likeness (QED) is 0.781. The number of benzene rings is 1. The molecule has 1 aromatic carbocycles. The highest BCUT2D eigenvalue weighted by Crippen LogP contribution is 2.46. The minimum atomic E-state index is -1.45. The van der Waals surface area contributed by atoms with Gasteiger partial charge in [0, 0.05) is 29.6 Å². The van der Waals surface area contributed by atoms with Gasteiger partial charge < -0.3 is 20.1 Å². The number of fused-ring (bicyclic) bond motifs is 3. The third kappa shape index (κ3) is 1.50. The maximum absolute atomic E-state index is 10.9. The van der Waals surface area contributed by atoms with Crippen molar-refractivity contribution in [3.63, 3.8) is 0 Å². The lowest BCUT2D eigenvalue weighted by molar-refractivity contribution is -0.146. The molecular weight excluding hydrogens is 256 g/mol. The zero-order chi connectivity index (χ0) is 13.9. The molecule has 2 bridgehead atoms. The van der Waals surface area contributed by atoms with Crippen LogP contribution in [-0.2, 0) is 4.79 Å². The van der Waals surface area contributed by atoms with Crippen LogP contribution in [0.15, 0.2) is 18.2 Å². The fraction of sp³-hybridized carbons (Fsp3) is 0.400. The molecule has 3 N–H and O–H groups in total. The van der Waals surface area contributed by atoms with Crippen molar-refractivity contribution in [1.82, 2.24) is 4.98 Å². The number of carboxylic acid groups (broad SMARTS) is 1. The number of rotatable bonds is 2. The molecule has 3 aliphatic heterocycles. The van der Waals surface area contributed by atoms with Gasteiger partial charge in [0.1, 0.15) is 5.82 Å². The van der Waals surface area contributed by atoms with Gasteiger partial charge in [0.15, 0.2) is 6.10 Å². The number of aliphatic carboxylic acids is 1. The molecule has 0 spiro atoms. The van der Waals surface area contributed by atoms with Crippen molar-refractivity contribution in [2.75, 3.05) is 18.0 Å². The molecule has 104 valence electrons. The van der Waals surface area contributed by atoms with Crippen LogP contribution in [0, 0.1) is 0 Å². The van der Waals surface area contributed by atoms with Crippen molar-refractivity contribution in [2.24, 2.45) is 0 Å². The van der Waals surface area contributed by atoms with Gasteiger partial charge >= 0.3 is 5.97 Å². The van der Waals surface area contributed by atoms with Crippen LogP contribution in [0.4, 0.5) is 5.82 Å². The molecule has 3 aliphatic rings. The summed E-state index contributed by atoms with van der Waals surface area (Å²) < 4.78 is 0. The Morgan fingerprint density at radius 2 is 2.10 bits per heavy atom. The summed E-state index contributed by atoms with van der Waals surface area (Å²) in [6, 6.07) is 5.38. The van der Waals surface area contributed by atoms with E-state index in [-0.39, 0.29) is 0 Å². The second-order valence-electron chi connectivity index (χ2n) is 5.69. The molecule has 20 heavy (non-hydrogen) atoms. The van der Waals surface area contributed by atoms with Crippen LogP contribution in [0.1, 0.15) is 36.0 Å². The van der Waals surface area contributed by atoms with Crippen molar-refractivity contribution in [3.8, 4) is 0 Å². The van der Waals surface area contributed by atoms with Gasteiger partial charge in [-0.05, 0) is 36.5 Å². The third-order valence-electron chi connectivity index (χ3n) is 4.61. The molecule has 1 unspecified atom stereocenters. The predicted molar refractivity (Wildman–Crippen MR) is 75.1 cm³/mol. The highest BCUT2D eigenvalue weighted by atomic mass is 16.4. The van der Waals surface area contributed by atoms with Crippen molar-refractivity contribution < 1.29 is 15.0 Å². The van der Waals surface area contributed by atoms with Gasteiger partial charge in [-0.15, -0.1) is 0 Å². The first-order chi connectivity index (χ1) is 9.65. The Hall–Kier alpha value is -2.01. The highest BCUT2D eigenvalue weighted by Gasteiger charge is 2.34. The number of aromatic nitrogens is 1. The molecule has 1 saturated heterocycles. The first kappa shape index (κ1) is 11.8. The van der Waals surface area contributed by atoms with E-state index in [9.17, 15) is 9.90 Å². The molecule has 0 radical (unpaired) electrons. The van der Waals surface area contributed by atoms with Crippen LogP contribution >= 0.6 is 0 Å². The molecule has 1 fully saturated rings. The molecule has 4 heterocycles. The fourth-order valence-electron chi connectivity index (χ4n) is 3.58. The molecule has 5 heteroatoms. The van der Waals surface area contributed by atoms with Crippen molar-refractivity contribution >= 4 is 22.7 Å². The van der Waals surface area contributed by atoms with Crippen molar-refractivity contribution in [3.05, 3.63) is 29.3 Å². The lowest BCUT2D eigenvalue weighted by Crippen LogP contribution is -2.38. The zero-order valence-corrected chi connectivity index (χ0v) is 11.0. The number of hydrogen-bond donors (Lipinski definition) is 3. The van der Waals surface area contributed by atoms with E-state index in [1.807, 2.05) is 12.1 Å². The molecule has 5 nitrogen and oxygen atoms in total. The largest absolute Gasteiger partial charge is 0.479 e. The Balaban J connectivity index is 1.91. The summed E-state index contributed by atoms with van der Waals surface area (Å²) in [7, 11) is 0. The van der Waals surface area contributed by atoms with E-state index in [1.54, 1.807) is 6.07 Å². The first-order valence-corrected chi connectivity index (χ1v) is 6.96. The van der Waals surface area contributed by atoms with Gasteiger partial charge in [-0.2, -0.15) is 0 Å². The lowest BCUT2D eigenvalue weighted by atomic mass is 9.84. The van der Waals surface area contributed by atoms with E-state index >= 15 is 0 Å². The van der Waals surface area contributed by atoms with Gasteiger partial charge in [0.05, 0.1) is 0 Å². The van der Waals surface area contributed by atoms with E-state index in [0.717, 1.165) is 36.8 Å². The van der Waals surface area contributed by atoms with Gasteiger partial charge in [0.25, 0.3) is 0 Å².